The Balaban J connectivity index is 1.52. The lowest BCUT2D eigenvalue weighted by Crippen LogP contribution is -2.25. The fourth-order valence-electron chi connectivity index (χ4n) is 4.33. The second-order valence-corrected chi connectivity index (χ2v) is 9.49. The fraction of sp³-hybridized carbons (Fsp3) is 0.107. The topological polar surface area (TPSA) is 83.8 Å². The van der Waals surface area contributed by atoms with E-state index in [4.69, 9.17) is 14.8 Å². The van der Waals surface area contributed by atoms with E-state index >= 15 is 0 Å². The third-order valence-electron chi connectivity index (χ3n) is 6.17. The van der Waals surface area contributed by atoms with E-state index in [0.29, 0.717) is 11.4 Å². The van der Waals surface area contributed by atoms with E-state index in [-0.39, 0.29) is 12.5 Å². The first-order valence-corrected chi connectivity index (χ1v) is 12.4. The average Bonchev–Trinajstić information content (AvgIpc) is 3.48. The molecule has 1 aliphatic rings. The van der Waals surface area contributed by atoms with Gasteiger partial charge in [0, 0.05) is 33.6 Å². The first-order valence-electron chi connectivity index (χ1n) is 11.6. The van der Waals surface area contributed by atoms with Crippen molar-refractivity contribution in [2.24, 2.45) is 10.1 Å². The Morgan fingerprint density at radius 3 is 2.75 bits per heavy atom. The number of H-pyrrole nitrogens is 1. The third kappa shape index (κ3) is 4.01. The van der Waals surface area contributed by atoms with Gasteiger partial charge in [0.05, 0.1) is 23.3 Å². The molecular weight excluding hydrogens is 470 g/mol. The van der Waals surface area contributed by atoms with Gasteiger partial charge in [0.1, 0.15) is 5.75 Å². The molecule has 1 aliphatic heterocycles. The van der Waals surface area contributed by atoms with E-state index in [1.165, 1.54) is 11.3 Å². The number of para-hydroxylation sites is 2. The lowest BCUT2D eigenvalue weighted by atomic mass is 10.1. The summed E-state index contributed by atoms with van der Waals surface area (Å²) in [7, 11) is 0. The second-order valence-electron chi connectivity index (χ2n) is 8.65. The summed E-state index contributed by atoms with van der Waals surface area (Å²) in [4.78, 5) is 20.9. The zero-order valence-electron chi connectivity index (χ0n) is 19.8. The molecule has 0 fully saturated rings. The first kappa shape index (κ1) is 22.1. The van der Waals surface area contributed by atoms with Crippen molar-refractivity contribution in [2.45, 2.75) is 13.8 Å². The Hall–Kier alpha value is -4.43. The summed E-state index contributed by atoms with van der Waals surface area (Å²) in [6, 6.07) is 20.1. The van der Waals surface area contributed by atoms with Crippen LogP contribution in [0.4, 0.5) is 11.4 Å². The monoisotopic (exact) mass is 493 g/mol. The zero-order chi connectivity index (χ0) is 24.6. The van der Waals surface area contributed by atoms with Crippen LogP contribution in [0.3, 0.4) is 0 Å². The molecule has 0 unspecified atom stereocenters. The molecule has 5 aromatic rings. The van der Waals surface area contributed by atoms with Crippen LogP contribution < -0.4 is 14.9 Å². The van der Waals surface area contributed by atoms with Crippen LogP contribution in [0.5, 0.6) is 5.75 Å². The van der Waals surface area contributed by atoms with E-state index in [0.717, 1.165) is 49.3 Å². The lowest BCUT2D eigenvalue weighted by molar-refractivity contribution is -0.118. The van der Waals surface area contributed by atoms with Crippen LogP contribution in [0.1, 0.15) is 16.7 Å². The maximum absolute atomic E-state index is 11.9. The molecule has 3 aromatic carbocycles. The van der Waals surface area contributed by atoms with Gasteiger partial charge in [0.15, 0.2) is 6.61 Å². The van der Waals surface area contributed by atoms with Gasteiger partial charge in [0.2, 0.25) is 4.80 Å². The van der Waals surface area contributed by atoms with E-state index < -0.39 is 0 Å². The highest BCUT2D eigenvalue weighted by Gasteiger charge is 2.18. The number of aryl methyl sites for hydroxylation is 2. The smallest absolute Gasteiger partial charge is 0.262 e. The number of hydrogen-bond donors (Lipinski definition) is 2. The summed E-state index contributed by atoms with van der Waals surface area (Å²) in [5.74, 6) is 0.490. The number of thiazole rings is 1. The zero-order valence-corrected chi connectivity index (χ0v) is 20.6. The van der Waals surface area contributed by atoms with Crippen LogP contribution in [-0.4, -0.2) is 28.4 Å². The van der Waals surface area contributed by atoms with Crippen molar-refractivity contribution in [2.75, 3.05) is 11.9 Å². The maximum atomic E-state index is 11.9. The molecular formula is C28H23N5O2S. The number of nitrogens with zero attached hydrogens (tertiary/aromatic N) is 3. The average molecular weight is 494 g/mol. The molecule has 0 spiro atoms. The van der Waals surface area contributed by atoms with Gasteiger partial charge >= 0.3 is 0 Å². The number of nitrogens with one attached hydrogen (secondary N) is 2. The standard InChI is InChI=1S/C28H23N5O2S/c1-17-6-5-7-18(2)27(17)32-28-33(30-14-20-13-29-22-9-4-3-8-21(20)22)24(16-36-28)19-10-11-25-23(12-19)31-26(34)15-35-25/h3-14,16,29H,15H2,1-2H3,(H,31,34). The number of benzene rings is 3. The molecule has 8 heteroatoms. The van der Waals surface area contributed by atoms with Crippen molar-refractivity contribution in [3.8, 4) is 17.0 Å². The molecule has 36 heavy (non-hydrogen) atoms. The maximum Gasteiger partial charge on any atom is 0.262 e. The molecule has 0 saturated heterocycles. The summed E-state index contributed by atoms with van der Waals surface area (Å²) in [5.41, 5.74) is 7.60. The normalized spacial score (nSPS) is 13.7. The Bertz CT molecular complexity index is 1700. The Kier molecular flexibility index (Phi) is 5.50. The summed E-state index contributed by atoms with van der Waals surface area (Å²) < 4.78 is 7.39. The van der Waals surface area contributed by atoms with Gasteiger partial charge in [-0.15, -0.1) is 11.3 Å². The van der Waals surface area contributed by atoms with Crippen molar-refractivity contribution in [3.63, 3.8) is 0 Å². The van der Waals surface area contributed by atoms with Crippen LogP contribution in [0.15, 0.2) is 82.3 Å². The molecule has 2 aromatic heterocycles. The molecule has 2 N–H and O–H groups in total. The number of hydrogen-bond acceptors (Lipinski definition) is 5. The van der Waals surface area contributed by atoms with Crippen LogP contribution in [0, 0.1) is 13.8 Å². The van der Waals surface area contributed by atoms with E-state index in [9.17, 15) is 4.79 Å². The Labute approximate surface area is 211 Å². The van der Waals surface area contributed by atoms with Gasteiger partial charge in [-0.05, 0) is 49.2 Å². The third-order valence-corrected chi connectivity index (χ3v) is 6.99. The van der Waals surface area contributed by atoms with E-state index in [1.807, 2.05) is 64.9 Å². The predicted octanol–water partition coefficient (Wildman–Crippen LogP) is 5.76. The molecule has 0 aliphatic carbocycles. The summed E-state index contributed by atoms with van der Waals surface area (Å²) in [6.07, 6.45) is 3.80. The highest BCUT2D eigenvalue weighted by Crippen LogP contribution is 2.33. The van der Waals surface area contributed by atoms with Gasteiger partial charge in [-0.3, -0.25) is 4.79 Å². The molecule has 0 radical (unpaired) electrons. The molecule has 0 saturated carbocycles. The summed E-state index contributed by atoms with van der Waals surface area (Å²) in [5, 5.41) is 10.9. The van der Waals surface area contributed by atoms with Gasteiger partial charge in [-0.2, -0.15) is 5.10 Å². The van der Waals surface area contributed by atoms with E-state index in [1.54, 1.807) is 0 Å². The number of amides is 1. The quantitative estimate of drug-likeness (QED) is 0.312. The van der Waals surface area contributed by atoms with Gasteiger partial charge in [-0.1, -0.05) is 36.4 Å². The number of ether oxygens (including phenoxy) is 1. The number of aromatic amines is 1. The Morgan fingerprint density at radius 2 is 1.89 bits per heavy atom. The minimum Gasteiger partial charge on any atom is -0.482 e. The van der Waals surface area contributed by atoms with Crippen molar-refractivity contribution in [3.05, 3.63) is 93.7 Å². The predicted molar refractivity (Wildman–Crippen MR) is 144 cm³/mol. The van der Waals surface area contributed by atoms with Crippen LogP contribution >= 0.6 is 11.3 Å². The summed E-state index contributed by atoms with van der Waals surface area (Å²) >= 11 is 1.52. The van der Waals surface area contributed by atoms with Crippen LogP contribution in [0.25, 0.3) is 22.2 Å². The first-order chi connectivity index (χ1) is 17.6. The number of aromatic nitrogens is 2. The number of carbonyl (C=O) groups excluding carboxylic acids is 1. The van der Waals surface area contributed by atoms with Crippen molar-refractivity contribution in [1.82, 2.24) is 9.66 Å². The highest BCUT2D eigenvalue weighted by molar-refractivity contribution is 7.07. The van der Waals surface area contributed by atoms with Gasteiger partial charge in [-0.25, -0.2) is 9.67 Å². The van der Waals surface area contributed by atoms with Crippen molar-refractivity contribution >= 4 is 45.7 Å². The molecule has 178 valence electrons. The van der Waals surface area contributed by atoms with E-state index in [2.05, 4.69) is 42.3 Å². The molecule has 3 heterocycles. The van der Waals surface area contributed by atoms with Crippen molar-refractivity contribution < 1.29 is 9.53 Å². The molecule has 1 amide bonds. The van der Waals surface area contributed by atoms with Crippen molar-refractivity contribution in [1.29, 1.82) is 0 Å². The largest absolute Gasteiger partial charge is 0.482 e. The number of fused-ring (bicyclic) bond motifs is 2. The minimum absolute atomic E-state index is 0.0263. The van der Waals surface area contributed by atoms with Crippen LogP contribution in [-0.2, 0) is 4.79 Å². The molecule has 0 atom stereocenters. The Morgan fingerprint density at radius 1 is 1.06 bits per heavy atom. The molecule has 7 nitrogen and oxygen atoms in total. The number of anilines is 1. The number of carbonyl (C=O) groups is 1. The second kappa shape index (κ2) is 8.98. The molecule has 0 bridgehead atoms. The van der Waals surface area contributed by atoms with Crippen LogP contribution in [0.2, 0.25) is 0 Å². The van der Waals surface area contributed by atoms with Gasteiger partial charge < -0.3 is 15.0 Å². The molecule has 6 rings (SSSR count). The van der Waals surface area contributed by atoms with Gasteiger partial charge in [0.25, 0.3) is 5.91 Å². The fourth-order valence-corrected chi connectivity index (χ4v) is 5.17. The summed E-state index contributed by atoms with van der Waals surface area (Å²) in [6.45, 7) is 4.15. The minimum atomic E-state index is -0.166. The SMILES string of the molecule is Cc1cccc(C)c1N=c1scc(-c2ccc3c(c2)NC(=O)CO3)n1N=Cc1c[nH]c2ccccc12. The lowest BCUT2D eigenvalue weighted by Gasteiger charge is -2.18. The number of rotatable bonds is 4. The highest BCUT2D eigenvalue weighted by atomic mass is 32.1.